The standard InChI is InChI=1S/C18H25N3O5/c1-18(2,3)13-7-5-12(6-8-13)16(24)20-10-9-15(23)26-11-14(22)21-17(25)19-4/h5-8H,9-11H2,1-4H3,(H,20,24)(H2,19,21,22,25). The molecular weight excluding hydrogens is 338 g/mol. The van der Waals surface area contributed by atoms with E-state index in [1.165, 1.54) is 7.05 Å². The average Bonchev–Trinajstić information content (AvgIpc) is 2.59. The quantitative estimate of drug-likeness (QED) is 0.655. The predicted molar refractivity (Wildman–Crippen MR) is 95.6 cm³/mol. The number of benzene rings is 1. The van der Waals surface area contributed by atoms with Gasteiger partial charge >= 0.3 is 12.0 Å². The number of hydrogen-bond acceptors (Lipinski definition) is 5. The zero-order valence-electron chi connectivity index (χ0n) is 15.5. The second-order valence-electron chi connectivity index (χ2n) is 6.62. The number of imide groups is 1. The summed E-state index contributed by atoms with van der Waals surface area (Å²) in [6.45, 7) is 5.78. The van der Waals surface area contributed by atoms with Gasteiger partial charge in [-0.15, -0.1) is 0 Å². The maximum atomic E-state index is 12.0. The Morgan fingerprint density at radius 1 is 1.04 bits per heavy atom. The van der Waals surface area contributed by atoms with Gasteiger partial charge in [-0.1, -0.05) is 32.9 Å². The summed E-state index contributed by atoms with van der Waals surface area (Å²) < 4.78 is 4.71. The normalized spacial score (nSPS) is 10.6. The molecule has 142 valence electrons. The molecular formula is C18H25N3O5. The molecule has 0 bridgehead atoms. The number of carbonyl (C=O) groups excluding carboxylic acids is 4. The summed E-state index contributed by atoms with van der Waals surface area (Å²) in [5.41, 5.74) is 1.62. The molecule has 8 heteroatoms. The zero-order valence-corrected chi connectivity index (χ0v) is 15.5. The molecule has 3 N–H and O–H groups in total. The van der Waals surface area contributed by atoms with E-state index in [2.05, 4.69) is 31.4 Å². The molecule has 0 aliphatic heterocycles. The molecule has 0 spiro atoms. The molecule has 0 heterocycles. The molecule has 0 unspecified atom stereocenters. The summed E-state index contributed by atoms with van der Waals surface area (Å²) in [5.74, 6) is -1.68. The van der Waals surface area contributed by atoms with Gasteiger partial charge in [-0.25, -0.2) is 4.79 Å². The second kappa shape index (κ2) is 9.55. The summed E-state index contributed by atoms with van der Waals surface area (Å²) in [7, 11) is 1.36. The average molecular weight is 363 g/mol. The Bertz CT molecular complexity index is 662. The van der Waals surface area contributed by atoms with Gasteiger partial charge in [0.05, 0.1) is 6.42 Å². The Morgan fingerprint density at radius 2 is 1.65 bits per heavy atom. The van der Waals surface area contributed by atoms with Gasteiger partial charge < -0.3 is 15.4 Å². The number of esters is 1. The van der Waals surface area contributed by atoms with E-state index < -0.39 is 24.5 Å². The molecule has 0 aliphatic carbocycles. The number of rotatable bonds is 6. The number of ether oxygens (including phenoxy) is 1. The van der Waals surface area contributed by atoms with Crippen LogP contribution in [0.4, 0.5) is 4.79 Å². The zero-order chi connectivity index (χ0) is 19.7. The predicted octanol–water partition coefficient (Wildman–Crippen LogP) is 1.10. The molecule has 4 amide bonds. The first-order valence-corrected chi connectivity index (χ1v) is 8.19. The third kappa shape index (κ3) is 7.33. The van der Waals surface area contributed by atoms with E-state index in [-0.39, 0.29) is 24.3 Å². The topological polar surface area (TPSA) is 114 Å². The van der Waals surface area contributed by atoms with Crippen molar-refractivity contribution in [2.45, 2.75) is 32.6 Å². The van der Waals surface area contributed by atoms with Crippen molar-refractivity contribution < 1.29 is 23.9 Å². The first kappa shape index (κ1) is 21.1. The van der Waals surface area contributed by atoms with Gasteiger partial charge in [0.15, 0.2) is 6.61 Å². The van der Waals surface area contributed by atoms with Gasteiger partial charge in [0.1, 0.15) is 0 Å². The largest absolute Gasteiger partial charge is 0.456 e. The van der Waals surface area contributed by atoms with Crippen LogP contribution in [0.2, 0.25) is 0 Å². The molecule has 8 nitrogen and oxygen atoms in total. The van der Waals surface area contributed by atoms with E-state index in [1.807, 2.05) is 17.4 Å². The van der Waals surface area contributed by atoms with E-state index in [1.54, 1.807) is 12.1 Å². The summed E-state index contributed by atoms with van der Waals surface area (Å²) in [6.07, 6.45) is -0.0843. The van der Waals surface area contributed by atoms with E-state index in [9.17, 15) is 19.2 Å². The minimum absolute atomic E-state index is 0.00284. The number of hydrogen-bond donors (Lipinski definition) is 3. The summed E-state index contributed by atoms with van der Waals surface area (Å²) in [5, 5.41) is 6.77. The van der Waals surface area contributed by atoms with Crippen LogP contribution >= 0.6 is 0 Å². The van der Waals surface area contributed by atoms with Crippen LogP contribution in [0.25, 0.3) is 0 Å². The number of amides is 4. The molecule has 1 aromatic rings. The number of urea groups is 1. The van der Waals surface area contributed by atoms with E-state index in [0.29, 0.717) is 5.56 Å². The molecule has 0 fully saturated rings. The number of nitrogens with one attached hydrogen (secondary N) is 3. The third-order valence-electron chi connectivity index (χ3n) is 3.47. The molecule has 0 aromatic heterocycles. The fourth-order valence-corrected chi connectivity index (χ4v) is 1.95. The van der Waals surface area contributed by atoms with Crippen molar-refractivity contribution in [3.05, 3.63) is 35.4 Å². The van der Waals surface area contributed by atoms with Crippen LogP contribution < -0.4 is 16.0 Å². The van der Waals surface area contributed by atoms with E-state index in [0.717, 1.165) is 5.56 Å². The molecule has 0 saturated heterocycles. The molecule has 26 heavy (non-hydrogen) atoms. The number of carbonyl (C=O) groups is 4. The van der Waals surface area contributed by atoms with Crippen LogP contribution in [-0.4, -0.2) is 44.0 Å². The SMILES string of the molecule is CNC(=O)NC(=O)COC(=O)CCNC(=O)c1ccc(C(C)(C)C)cc1. The van der Waals surface area contributed by atoms with E-state index >= 15 is 0 Å². The highest BCUT2D eigenvalue weighted by molar-refractivity contribution is 5.95. The lowest BCUT2D eigenvalue weighted by molar-refractivity contribution is -0.148. The molecule has 0 radical (unpaired) electrons. The van der Waals surface area contributed by atoms with Crippen LogP contribution in [0.1, 0.15) is 43.1 Å². The van der Waals surface area contributed by atoms with Crippen LogP contribution in [0, 0.1) is 0 Å². The van der Waals surface area contributed by atoms with Gasteiger partial charge in [-0.2, -0.15) is 0 Å². The van der Waals surface area contributed by atoms with Gasteiger partial charge in [0.25, 0.3) is 11.8 Å². The van der Waals surface area contributed by atoms with Crippen molar-refractivity contribution in [1.29, 1.82) is 0 Å². The van der Waals surface area contributed by atoms with Crippen molar-refractivity contribution in [1.82, 2.24) is 16.0 Å². The van der Waals surface area contributed by atoms with Gasteiger partial charge in [0.2, 0.25) is 0 Å². The van der Waals surface area contributed by atoms with Crippen LogP contribution in [0.15, 0.2) is 24.3 Å². The van der Waals surface area contributed by atoms with E-state index in [4.69, 9.17) is 4.74 Å². The van der Waals surface area contributed by atoms with Crippen LogP contribution in [0.3, 0.4) is 0 Å². The fourth-order valence-electron chi connectivity index (χ4n) is 1.95. The maximum Gasteiger partial charge on any atom is 0.321 e. The van der Waals surface area contributed by atoms with Gasteiger partial charge in [-0.3, -0.25) is 19.7 Å². The van der Waals surface area contributed by atoms with Crippen molar-refractivity contribution in [3.63, 3.8) is 0 Å². The monoisotopic (exact) mass is 363 g/mol. The first-order chi connectivity index (χ1) is 12.1. The lowest BCUT2D eigenvalue weighted by Gasteiger charge is -2.19. The van der Waals surface area contributed by atoms with Crippen LogP contribution in [0.5, 0.6) is 0 Å². The Morgan fingerprint density at radius 3 is 2.19 bits per heavy atom. The molecule has 1 rings (SSSR count). The Kier molecular flexibility index (Phi) is 7.77. The van der Waals surface area contributed by atoms with Crippen molar-refractivity contribution >= 4 is 23.8 Å². The Labute approximate surface area is 152 Å². The highest BCUT2D eigenvalue weighted by atomic mass is 16.5. The summed E-state index contributed by atoms with van der Waals surface area (Å²) in [6, 6.07) is 6.58. The smallest absolute Gasteiger partial charge is 0.321 e. The Balaban J connectivity index is 2.34. The second-order valence-corrected chi connectivity index (χ2v) is 6.62. The summed E-state index contributed by atoms with van der Waals surface area (Å²) in [4.78, 5) is 45.7. The highest BCUT2D eigenvalue weighted by Gasteiger charge is 2.14. The highest BCUT2D eigenvalue weighted by Crippen LogP contribution is 2.22. The summed E-state index contributed by atoms with van der Waals surface area (Å²) >= 11 is 0. The van der Waals surface area contributed by atoms with Gasteiger partial charge in [-0.05, 0) is 23.1 Å². The first-order valence-electron chi connectivity index (χ1n) is 8.19. The van der Waals surface area contributed by atoms with Gasteiger partial charge in [0, 0.05) is 19.2 Å². The minimum Gasteiger partial charge on any atom is -0.456 e. The van der Waals surface area contributed by atoms with Crippen molar-refractivity contribution in [3.8, 4) is 0 Å². The lowest BCUT2D eigenvalue weighted by atomic mass is 9.87. The third-order valence-corrected chi connectivity index (χ3v) is 3.47. The molecule has 0 aliphatic rings. The molecule has 0 atom stereocenters. The minimum atomic E-state index is -0.735. The molecule has 1 aromatic carbocycles. The van der Waals surface area contributed by atoms with Crippen molar-refractivity contribution in [2.24, 2.45) is 0 Å². The maximum absolute atomic E-state index is 12.0. The fraction of sp³-hybridized carbons (Fsp3) is 0.444. The van der Waals surface area contributed by atoms with Crippen LogP contribution in [-0.2, 0) is 19.7 Å². The lowest BCUT2D eigenvalue weighted by Crippen LogP contribution is -2.39. The van der Waals surface area contributed by atoms with Crippen molar-refractivity contribution in [2.75, 3.05) is 20.2 Å². The molecule has 0 saturated carbocycles. The Hall–Kier alpha value is -2.90.